The average molecular weight is 278 g/mol. The molecule has 19 heavy (non-hydrogen) atoms. The van der Waals surface area contributed by atoms with Crippen molar-refractivity contribution in [2.45, 2.75) is 0 Å². The fraction of sp³-hybridized carbons (Fsp3) is 0. The SMILES string of the molecule is Nc1nc2ccc(Oc3cc(F)ccc3F)cc2s1. The number of hydrogen-bond acceptors (Lipinski definition) is 4. The lowest BCUT2D eigenvalue weighted by atomic mass is 10.3. The third-order valence-electron chi connectivity index (χ3n) is 2.50. The molecule has 1 aromatic heterocycles. The number of benzene rings is 2. The van der Waals surface area contributed by atoms with Gasteiger partial charge in [0.15, 0.2) is 16.7 Å². The summed E-state index contributed by atoms with van der Waals surface area (Å²) in [6, 6.07) is 8.10. The van der Waals surface area contributed by atoms with Crippen LogP contribution in [-0.4, -0.2) is 4.98 Å². The summed E-state index contributed by atoms with van der Waals surface area (Å²) >= 11 is 1.30. The van der Waals surface area contributed by atoms with Crippen LogP contribution in [0.2, 0.25) is 0 Å². The van der Waals surface area contributed by atoms with Gasteiger partial charge in [0.2, 0.25) is 0 Å². The van der Waals surface area contributed by atoms with Crippen LogP contribution in [0, 0.1) is 11.6 Å². The van der Waals surface area contributed by atoms with Gasteiger partial charge in [-0.3, -0.25) is 0 Å². The number of nitrogen functional groups attached to an aromatic ring is 1. The lowest BCUT2D eigenvalue weighted by Gasteiger charge is -2.06. The van der Waals surface area contributed by atoms with E-state index in [1.54, 1.807) is 18.2 Å². The molecule has 2 N–H and O–H groups in total. The maximum Gasteiger partial charge on any atom is 0.181 e. The minimum absolute atomic E-state index is 0.156. The van der Waals surface area contributed by atoms with E-state index in [0.29, 0.717) is 10.9 Å². The van der Waals surface area contributed by atoms with E-state index < -0.39 is 11.6 Å². The number of fused-ring (bicyclic) bond motifs is 1. The summed E-state index contributed by atoms with van der Waals surface area (Å²) in [5, 5.41) is 0.448. The van der Waals surface area contributed by atoms with E-state index in [1.165, 1.54) is 11.3 Å². The van der Waals surface area contributed by atoms with E-state index in [9.17, 15) is 8.78 Å². The van der Waals surface area contributed by atoms with E-state index in [4.69, 9.17) is 10.5 Å². The molecular formula is C13H8F2N2OS. The molecule has 0 saturated carbocycles. The second-order valence-corrected chi connectivity index (χ2v) is 4.92. The Labute approximate surface area is 111 Å². The summed E-state index contributed by atoms with van der Waals surface area (Å²) in [7, 11) is 0. The molecule has 0 radical (unpaired) electrons. The highest BCUT2D eigenvalue weighted by atomic mass is 32.1. The van der Waals surface area contributed by atoms with Gasteiger partial charge in [-0.1, -0.05) is 11.3 Å². The molecule has 0 spiro atoms. The third-order valence-corrected chi connectivity index (χ3v) is 3.34. The number of hydrogen-bond donors (Lipinski definition) is 1. The average Bonchev–Trinajstić information content (AvgIpc) is 2.73. The van der Waals surface area contributed by atoms with Crippen molar-refractivity contribution in [3.05, 3.63) is 48.0 Å². The molecule has 0 unspecified atom stereocenters. The van der Waals surface area contributed by atoms with Crippen molar-refractivity contribution in [1.29, 1.82) is 0 Å². The van der Waals surface area contributed by atoms with Crippen molar-refractivity contribution in [2.75, 3.05) is 5.73 Å². The van der Waals surface area contributed by atoms with Gasteiger partial charge in [-0.2, -0.15) is 0 Å². The Morgan fingerprint density at radius 2 is 1.95 bits per heavy atom. The molecule has 3 aromatic rings. The normalized spacial score (nSPS) is 10.8. The first-order valence-electron chi connectivity index (χ1n) is 5.41. The van der Waals surface area contributed by atoms with Gasteiger partial charge < -0.3 is 10.5 Å². The van der Waals surface area contributed by atoms with Crippen LogP contribution >= 0.6 is 11.3 Å². The molecule has 0 aliphatic rings. The van der Waals surface area contributed by atoms with E-state index in [-0.39, 0.29) is 5.75 Å². The first kappa shape index (κ1) is 11.9. The second kappa shape index (κ2) is 4.47. The fourth-order valence-corrected chi connectivity index (χ4v) is 2.43. The molecule has 0 bridgehead atoms. The summed E-state index contributed by atoms with van der Waals surface area (Å²) < 4.78 is 32.6. The number of thiazole rings is 1. The number of nitrogens with two attached hydrogens (primary N) is 1. The number of nitrogens with zero attached hydrogens (tertiary/aromatic N) is 1. The third kappa shape index (κ3) is 2.34. The molecule has 6 heteroatoms. The van der Waals surface area contributed by atoms with Crippen LogP contribution in [0.5, 0.6) is 11.5 Å². The Hall–Kier alpha value is -2.21. The van der Waals surface area contributed by atoms with Crippen LogP contribution in [0.15, 0.2) is 36.4 Å². The molecule has 0 atom stereocenters. The Balaban J connectivity index is 1.98. The fourth-order valence-electron chi connectivity index (χ4n) is 1.67. The van der Waals surface area contributed by atoms with E-state index in [0.717, 1.165) is 28.4 Å². The number of anilines is 1. The predicted molar refractivity (Wildman–Crippen MR) is 70.5 cm³/mol. The minimum Gasteiger partial charge on any atom is -0.454 e. The zero-order valence-corrected chi connectivity index (χ0v) is 10.4. The summed E-state index contributed by atoms with van der Waals surface area (Å²) in [4.78, 5) is 4.10. The number of rotatable bonds is 2. The predicted octanol–water partition coefficient (Wildman–Crippen LogP) is 3.95. The Bertz CT molecular complexity index is 757. The van der Waals surface area contributed by atoms with Crippen molar-refractivity contribution >= 4 is 26.7 Å². The van der Waals surface area contributed by atoms with Crippen molar-refractivity contribution in [1.82, 2.24) is 4.98 Å². The highest BCUT2D eigenvalue weighted by Crippen LogP contribution is 2.31. The number of ether oxygens (including phenoxy) is 1. The van der Waals surface area contributed by atoms with Gasteiger partial charge in [-0.15, -0.1) is 0 Å². The van der Waals surface area contributed by atoms with Gasteiger partial charge in [-0.25, -0.2) is 13.8 Å². The Morgan fingerprint density at radius 1 is 1.11 bits per heavy atom. The Kier molecular flexibility index (Phi) is 2.79. The summed E-state index contributed by atoms with van der Waals surface area (Å²) in [5.74, 6) is -0.928. The first-order chi connectivity index (χ1) is 9.11. The van der Waals surface area contributed by atoms with Crippen LogP contribution < -0.4 is 10.5 Å². The maximum atomic E-state index is 13.5. The molecule has 0 fully saturated rings. The minimum atomic E-state index is -0.620. The molecule has 0 aliphatic carbocycles. The molecule has 0 amide bonds. The van der Waals surface area contributed by atoms with Crippen molar-refractivity contribution in [3.8, 4) is 11.5 Å². The Morgan fingerprint density at radius 3 is 2.79 bits per heavy atom. The van der Waals surface area contributed by atoms with Crippen LogP contribution in [0.4, 0.5) is 13.9 Å². The molecule has 96 valence electrons. The van der Waals surface area contributed by atoms with Gasteiger partial charge in [0.1, 0.15) is 11.6 Å². The number of halogens is 2. The first-order valence-corrected chi connectivity index (χ1v) is 6.22. The zero-order chi connectivity index (χ0) is 13.4. The summed E-state index contributed by atoms with van der Waals surface area (Å²) in [5.41, 5.74) is 6.34. The van der Waals surface area contributed by atoms with Gasteiger partial charge in [0, 0.05) is 12.1 Å². The monoisotopic (exact) mass is 278 g/mol. The molecule has 3 rings (SSSR count). The highest BCUT2D eigenvalue weighted by molar-refractivity contribution is 7.22. The quantitative estimate of drug-likeness (QED) is 0.772. The molecule has 2 aromatic carbocycles. The maximum absolute atomic E-state index is 13.5. The van der Waals surface area contributed by atoms with Crippen LogP contribution in [0.1, 0.15) is 0 Å². The van der Waals surface area contributed by atoms with Gasteiger partial charge in [0.25, 0.3) is 0 Å². The van der Waals surface area contributed by atoms with Crippen molar-refractivity contribution in [3.63, 3.8) is 0 Å². The number of aromatic nitrogens is 1. The van der Waals surface area contributed by atoms with Crippen LogP contribution in [-0.2, 0) is 0 Å². The lowest BCUT2D eigenvalue weighted by Crippen LogP contribution is -1.89. The topological polar surface area (TPSA) is 48.1 Å². The van der Waals surface area contributed by atoms with Gasteiger partial charge in [-0.05, 0) is 24.3 Å². The molecule has 0 aliphatic heterocycles. The lowest BCUT2D eigenvalue weighted by molar-refractivity contribution is 0.437. The zero-order valence-electron chi connectivity index (χ0n) is 9.56. The summed E-state index contributed by atoms with van der Waals surface area (Å²) in [6.07, 6.45) is 0. The standard InChI is InChI=1S/C13H8F2N2OS/c14-7-1-3-9(15)11(5-7)18-8-2-4-10-12(6-8)19-13(16)17-10/h1-6H,(H2,16,17). The van der Waals surface area contributed by atoms with E-state index in [2.05, 4.69) is 4.98 Å². The second-order valence-electron chi connectivity index (χ2n) is 3.86. The molecule has 1 heterocycles. The molecule has 0 saturated heterocycles. The van der Waals surface area contributed by atoms with Gasteiger partial charge >= 0.3 is 0 Å². The van der Waals surface area contributed by atoms with E-state index in [1.807, 2.05) is 0 Å². The smallest absolute Gasteiger partial charge is 0.181 e. The van der Waals surface area contributed by atoms with Crippen LogP contribution in [0.3, 0.4) is 0 Å². The highest BCUT2D eigenvalue weighted by Gasteiger charge is 2.08. The largest absolute Gasteiger partial charge is 0.454 e. The van der Waals surface area contributed by atoms with Gasteiger partial charge in [0.05, 0.1) is 10.2 Å². The molecular weight excluding hydrogens is 270 g/mol. The van der Waals surface area contributed by atoms with E-state index >= 15 is 0 Å². The van der Waals surface area contributed by atoms with Crippen molar-refractivity contribution < 1.29 is 13.5 Å². The van der Waals surface area contributed by atoms with Crippen molar-refractivity contribution in [2.24, 2.45) is 0 Å². The molecule has 3 nitrogen and oxygen atoms in total. The summed E-state index contributed by atoms with van der Waals surface area (Å²) in [6.45, 7) is 0. The van der Waals surface area contributed by atoms with Crippen LogP contribution in [0.25, 0.3) is 10.2 Å².